The number of nitrogens with one attached hydrogen (secondary N) is 1. The first-order chi connectivity index (χ1) is 13.1. The minimum atomic E-state index is -0.167. The van der Waals surface area contributed by atoms with Crippen molar-refractivity contribution in [1.29, 1.82) is 0 Å². The number of hydrogen-bond donors (Lipinski definition) is 1. The number of carbonyl (C=O) groups is 1. The number of nitrogens with zero attached hydrogens (tertiary/aromatic N) is 4. The molecule has 2 aromatic carbocycles. The number of carbonyl (C=O) groups excluding carboxylic acids is 1. The summed E-state index contributed by atoms with van der Waals surface area (Å²) in [6.45, 7) is 4.42. The minimum Gasteiger partial charge on any atom is -0.440 e. The van der Waals surface area contributed by atoms with Crippen LogP contribution in [0, 0.1) is 0 Å². The molecular weight excluding hydrogens is 342 g/mol. The van der Waals surface area contributed by atoms with Gasteiger partial charge in [-0.3, -0.25) is 4.79 Å². The summed E-state index contributed by atoms with van der Waals surface area (Å²) in [7, 11) is 0. The number of aromatic nitrogens is 4. The van der Waals surface area contributed by atoms with Gasteiger partial charge in [0, 0.05) is 18.0 Å². The average Bonchev–Trinajstić information content (AvgIpc) is 3.35. The maximum absolute atomic E-state index is 12.6. The highest BCUT2D eigenvalue weighted by molar-refractivity contribution is 5.97. The SMILES string of the molecule is CC(C)c1nc2cc(C(=O)NCc3ccccc3-n3cncn3)ccc2o1. The fraction of sp³-hybridized carbons (Fsp3) is 0.200. The average molecular weight is 361 g/mol. The monoisotopic (exact) mass is 361 g/mol. The largest absolute Gasteiger partial charge is 0.440 e. The Labute approximate surface area is 156 Å². The van der Waals surface area contributed by atoms with Crippen LogP contribution in [0.15, 0.2) is 59.5 Å². The Morgan fingerprint density at radius 1 is 1.22 bits per heavy atom. The lowest BCUT2D eigenvalue weighted by Gasteiger charge is -2.10. The number of amides is 1. The van der Waals surface area contributed by atoms with E-state index in [9.17, 15) is 4.79 Å². The number of benzene rings is 2. The first-order valence-corrected chi connectivity index (χ1v) is 8.73. The quantitative estimate of drug-likeness (QED) is 0.588. The summed E-state index contributed by atoms with van der Waals surface area (Å²) in [6.07, 6.45) is 3.11. The smallest absolute Gasteiger partial charge is 0.251 e. The van der Waals surface area contributed by atoms with Crippen LogP contribution >= 0.6 is 0 Å². The maximum atomic E-state index is 12.6. The predicted octanol–water partition coefficient (Wildman–Crippen LogP) is 3.46. The second kappa shape index (κ2) is 7.03. The third-order valence-electron chi connectivity index (χ3n) is 4.26. The van der Waals surface area contributed by atoms with Crippen LogP contribution in [0.3, 0.4) is 0 Å². The summed E-state index contributed by atoms with van der Waals surface area (Å²) in [5, 5.41) is 7.11. The molecule has 0 saturated heterocycles. The molecule has 0 saturated carbocycles. The lowest BCUT2D eigenvalue weighted by Crippen LogP contribution is -2.23. The van der Waals surface area contributed by atoms with Gasteiger partial charge in [0.1, 0.15) is 18.2 Å². The molecular formula is C20H19N5O2. The number of para-hydroxylation sites is 1. The van der Waals surface area contributed by atoms with E-state index in [4.69, 9.17) is 4.42 Å². The molecule has 0 aliphatic carbocycles. The Hall–Kier alpha value is -3.48. The van der Waals surface area contributed by atoms with Crippen molar-refractivity contribution in [2.24, 2.45) is 0 Å². The van der Waals surface area contributed by atoms with E-state index >= 15 is 0 Å². The standard InChI is InChI=1S/C20H19N5O2/c1-13(2)20-24-16-9-14(7-8-18(16)27-20)19(26)22-10-15-5-3-4-6-17(15)25-12-21-11-23-25/h3-9,11-13H,10H2,1-2H3,(H,22,26). The van der Waals surface area contributed by atoms with Crippen LogP contribution in [0.25, 0.3) is 16.8 Å². The second-order valence-corrected chi connectivity index (χ2v) is 6.54. The molecule has 1 N–H and O–H groups in total. The van der Waals surface area contributed by atoms with E-state index in [0.29, 0.717) is 29.1 Å². The van der Waals surface area contributed by atoms with Gasteiger partial charge in [-0.15, -0.1) is 0 Å². The van der Waals surface area contributed by atoms with Crippen molar-refractivity contribution >= 4 is 17.0 Å². The van der Waals surface area contributed by atoms with E-state index in [1.54, 1.807) is 29.2 Å². The van der Waals surface area contributed by atoms with Crippen molar-refractivity contribution in [3.63, 3.8) is 0 Å². The molecule has 2 heterocycles. The number of fused-ring (bicyclic) bond motifs is 1. The van der Waals surface area contributed by atoms with Gasteiger partial charge in [0.05, 0.1) is 5.69 Å². The normalized spacial score (nSPS) is 11.2. The van der Waals surface area contributed by atoms with Crippen LogP contribution in [0.5, 0.6) is 0 Å². The van der Waals surface area contributed by atoms with Crippen molar-refractivity contribution in [2.75, 3.05) is 0 Å². The molecule has 0 aliphatic heterocycles. The second-order valence-electron chi connectivity index (χ2n) is 6.54. The van der Waals surface area contributed by atoms with Crippen molar-refractivity contribution in [2.45, 2.75) is 26.3 Å². The van der Waals surface area contributed by atoms with E-state index in [1.807, 2.05) is 38.1 Å². The molecule has 7 nitrogen and oxygen atoms in total. The third kappa shape index (κ3) is 3.44. The molecule has 0 fully saturated rings. The van der Waals surface area contributed by atoms with Crippen molar-refractivity contribution < 1.29 is 9.21 Å². The Kier molecular flexibility index (Phi) is 4.42. The van der Waals surface area contributed by atoms with Gasteiger partial charge in [-0.05, 0) is 29.8 Å². The third-order valence-corrected chi connectivity index (χ3v) is 4.26. The van der Waals surface area contributed by atoms with Gasteiger partial charge in [0.25, 0.3) is 5.91 Å². The lowest BCUT2D eigenvalue weighted by molar-refractivity contribution is 0.0951. The topological polar surface area (TPSA) is 85.8 Å². The Morgan fingerprint density at radius 3 is 2.85 bits per heavy atom. The van der Waals surface area contributed by atoms with Crippen LogP contribution in [0.1, 0.15) is 41.6 Å². The lowest BCUT2D eigenvalue weighted by atomic mass is 10.1. The van der Waals surface area contributed by atoms with E-state index in [1.165, 1.54) is 6.33 Å². The van der Waals surface area contributed by atoms with Crippen molar-refractivity contribution in [3.8, 4) is 5.69 Å². The molecule has 0 unspecified atom stereocenters. The Balaban J connectivity index is 1.53. The minimum absolute atomic E-state index is 0.167. The molecule has 0 aliphatic rings. The number of hydrogen-bond acceptors (Lipinski definition) is 5. The summed E-state index contributed by atoms with van der Waals surface area (Å²) in [5.41, 5.74) is 3.75. The summed E-state index contributed by atoms with van der Waals surface area (Å²) in [4.78, 5) is 21.0. The zero-order valence-electron chi connectivity index (χ0n) is 15.1. The molecule has 0 radical (unpaired) electrons. The molecule has 136 valence electrons. The fourth-order valence-electron chi connectivity index (χ4n) is 2.83. The van der Waals surface area contributed by atoms with E-state index in [0.717, 1.165) is 11.3 Å². The number of rotatable bonds is 5. The molecule has 1 amide bonds. The van der Waals surface area contributed by atoms with E-state index in [2.05, 4.69) is 20.4 Å². The first kappa shape index (κ1) is 17.0. The van der Waals surface area contributed by atoms with Crippen LogP contribution in [0.2, 0.25) is 0 Å². The molecule has 0 bridgehead atoms. The van der Waals surface area contributed by atoms with Gasteiger partial charge < -0.3 is 9.73 Å². The predicted molar refractivity (Wildman–Crippen MR) is 101 cm³/mol. The molecule has 4 aromatic rings. The molecule has 27 heavy (non-hydrogen) atoms. The molecule has 0 atom stereocenters. The zero-order valence-corrected chi connectivity index (χ0v) is 15.1. The summed E-state index contributed by atoms with van der Waals surface area (Å²) in [6, 6.07) is 13.0. The van der Waals surface area contributed by atoms with Gasteiger partial charge in [-0.1, -0.05) is 32.0 Å². The van der Waals surface area contributed by atoms with Crippen LogP contribution in [-0.4, -0.2) is 25.7 Å². The molecule has 2 aromatic heterocycles. The van der Waals surface area contributed by atoms with E-state index in [-0.39, 0.29) is 11.8 Å². The molecule has 7 heteroatoms. The highest BCUT2D eigenvalue weighted by Gasteiger charge is 2.13. The van der Waals surface area contributed by atoms with Gasteiger partial charge in [0.2, 0.25) is 0 Å². The van der Waals surface area contributed by atoms with Gasteiger partial charge in [0.15, 0.2) is 11.5 Å². The number of oxazole rings is 1. The van der Waals surface area contributed by atoms with Crippen molar-refractivity contribution in [3.05, 3.63) is 72.1 Å². The fourth-order valence-corrected chi connectivity index (χ4v) is 2.83. The highest BCUT2D eigenvalue weighted by Crippen LogP contribution is 2.22. The summed E-state index contributed by atoms with van der Waals surface area (Å²) >= 11 is 0. The Morgan fingerprint density at radius 2 is 2.07 bits per heavy atom. The highest BCUT2D eigenvalue weighted by atomic mass is 16.3. The van der Waals surface area contributed by atoms with Crippen LogP contribution in [-0.2, 0) is 6.54 Å². The van der Waals surface area contributed by atoms with Gasteiger partial charge >= 0.3 is 0 Å². The summed E-state index contributed by atoms with van der Waals surface area (Å²) in [5.74, 6) is 0.701. The van der Waals surface area contributed by atoms with Gasteiger partial charge in [-0.2, -0.15) is 5.10 Å². The maximum Gasteiger partial charge on any atom is 0.251 e. The molecule has 4 rings (SSSR count). The van der Waals surface area contributed by atoms with Crippen LogP contribution in [0.4, 0.5) is 0 Å². The van der Waals surface area contributed by atoms with Crippen LogP contribution < -0.4 is 5.32 Å². The van der Waals surface area contributed by atoms with Crippen molar-refractivity contribution in [1.82, 2.24) is 25.1 Å². The van der Waals surface area contributed by atoms with E-state index < -0.39 is 0 Å². The zero-order chi connectivity index (χ0) is 18.8. The van der Waals surface area contributed by atoms with Gasteiger partial charge in [-0.25, -0.2) is 14.6 Å². The Bertz CT molecular complexity index is 1080. The first-order valence-electron chi connectivity index (χ1n) is 8.73. The molecule has 0 spiro atoms. The summed E-state index contributed by atoms with van der Waals surface area (Å²) < 4.78 is 7.37.